The molecule has 0 aliphatic carbocycles. The molecule has 1 aromatic carbocycles. The van der Waals surface area contributed by atoms with Gasteiger partial charge in [-0.05, 0) is 70.9 Å². The molecule has 2 heterocycles. The molecule has 4 amide bonds. The van der Waals surface area contributed by atoms with E-state index in [1.54, 1.807) is 49.9 Å². The number of alkyl carbamates (subject to hydrolysis) is 1. The summed E-state index contributed by atoms with van der Waals surface area (Å²) in [5.74, 6) is -0.0134. The molecule has 15 heteroatoms. The van der Waals surface area contributed by atoms with Gasteiger partial charge in [-0.3, -0.25) is 14.4 Å². The lowest BCUT2D eigenvalue weighted by atomic mass is 10.0. The molecule has 15 nitrogen and oxygen atoms in total. The van der Waals surface area contributed by atoms with Crippen molar-refractivity contribution in [2.45, 2.75) is 123 Å². The minimum atomic E-state index is -0.748. The maximum Gasteiger partial charge on any atom is 0.408 e. The van der Waals surface area contributed by atoms with Gasteiger partial charge in [0.2, 0.25) is 17.7 Å². The molecule has 1 aromatic heterocycles. The first-order valence-corrected chi connectivity index (χ1v) is 18.2. The molecule has 3 rings (SSSR count). The van der Waals surface area contributed by atoms with Crippen LogP contribution in [-0.4, -0.2) is 83.3 Å². The highest BCUT2D eigenvalue weighted by Gasteiger charge is 2.38. The quantitative estimate of drug-likeness (QED) is 0.123. The van der Waals surface area contributed by atoms with Gasteiger partial charge >= 0.3 is 12.1 Å². The number of carbonyl (C=O) groups is 5. The number of ether oxygens (including phenoxy) is 3. The second-order valence-electron chi connectivity index (χ2n) is 14.3. The van der Waals surface area contributed by atoms with Gasteiger partial charge in [0.05, 0.1) is 13.7 Å². The van der Waals surface area contributed by atoms with Gasteiger partial charge in [-0.15, -0.1) is 0 Å². The van der Waals surface area contributed by atoms with Crippen molar-refractivity contribution in [2.24, 2.45) is 5.92 Å². The number of benzene rings is 1. The van der Waals surface area contributed by atoms with Crippen LogP contribution in [0.3, 0.4) is 0 Å². The van der Waals surface area contributed by atoms with Crippen LogP contribution in [0.2, 0.25) is 0 Å². The maximum absolute atomic E-state index is 13.6. The fraction of sp³-hybridized carbons (Fsp3) is 0.649. The summed E-state index contributed by atoms with van der Waals surface area (Å²) in [6.07, 6.45) is 7.00. The third-order valence-electron chi connectivity index (χ3n) is 8.25. The number of para-hydroxylation sites is 1. The number of esters is 1. The van der Waals surface area contributed by atoms with Gasteiger partial charge in [0.1, 0.15) is 29.0 Å². The van der Waals surface area contributed by atoms with Crippen molar-refractivity contribution in [3.8, 4) is 5.75 Å². The van der Waals surface area contributed by atoms with Crippen LogP contribution < -0.4 is 20.7 Å². The minimum Gasteiger partial charge on any atom is -0.483 e. The van der Waals surface area contributed by atoms with Gasteiger partial charge in [-0.25, -0.2) is 9.59 Å². The van der Waals surface area contributed by atoms with Crippen molar-refractivity contribution in [1.82, 2.24) is 31.0 Å². The van der Waals surface area contributed by atoms with Crippen LogP contribution in [-0.2, 0) is 30.4 Å². The normalized spacial score (nSPS) is 14.8. The Morgan fingerprint density at radius 1 is 0.981 bits per heavy atom. The molecule has 2 aromatic rings. The number of methoxy groups -OCH3 is 1. The van der Waals surface area contributed by atoms with E-state index in [1.807, 2.05) is 13.8 Å². The Morgan fingerprint density at radius 3 is 2.40 bits per heavy atom. The molecule has 0 spiro atoms. The Bertz CT molecular complexity index is 1470. The van der Waals surface area contributed by atoms with E-state index in [1.165, 1.54) is 7.11 Å². The average Bonchev–Trinajstić information content (AvgIpc) is 3.77. The molecule has 1 fully saturated rings. The maximum atomic E-state index is 13.6. The number of likely N-dealkylation sites (tertiary alicyclic amines) is 1. The van der Waals surface area contributed by atoms with Gasteiger partial charge in [0.15, 0.2) is 12.4 Å². The lowest BCUT2D eigenvalue weighted by Gasteiger charge is -2.29. The molecule has 288 valence electrons. The summed E-state index contributed by atoms with van der Waals surface area (Å²) >= 11 is 0. The average molecular weight is 729 g/mol. The molecule has 0 unspecified atom stereocenters. The van der Waals surface area contributed by atoms with E-state index in [0.717, 1.165) is 44.9 Å². The highest BCUT2D eigenvalue weighted by Crippen LogP contribution is 2.32. The Balaban J connectivity index is 1.29. The van der Waals surface area contributed by atoms with Crippen LogP contribution in [0.1, 0.15) is 127 Å². The number of carbonyl (C=O) groups excluding carboxylic acids is 5. The number of unbranched alkanes of at least 4 members (excludes halogenated alkanes) is 5. The molecule has 1 aliphatic heterocycles. The smallest absolute Gasteiger partial charge is 0.408 e. The second-order valence-corrected chi connectivity index (χ2v) is 14.3. The zero-order valence-corrected chi connectivity index (χ0v) is 31.5. The molecule has 1 saturated heterocycles. The number of hydrogen-bond acceptors (Lipinski definition) is 11. The summed E-state index contributed by atoms with van der Waals surface area (Å²) in [6, 6.07) is 5.44. The van der Waals surface area contributed by atoms with Crippen LogP contribution in [0.5, 0.6) is 5.75 Å². The van der Waals surface area contributed by atoms with E-state index in [-0.39, 0.29) is 42.4 Å². The predicted octanol–water partition coefficient (Wildman–Crippen LogP) is 5.00. The van der Waals surface area contributed by atoms with Crippen molar-refractivity contribution in [2.75, 3.05) is 26.8 Å². The Hall–Kier alpha value is -4.69. The van der Waals surface area contributed by atoms with Gasteiger partial charge in [-0.2, -0.15) is 4.98 Å². The molecule has 3 N–H and O–H groups in total. The van der Waals surface area contributed by atoms with Crippen LogP contribution in [0, 0.1) is 5.92 Å². The van der Waals surface area contributed by atoms with Gasteiger partial charge < -0.3 is 39.6 Å². The predicted molar refractivity (Wildman–Crippen MR) is 191 cm³/mol. The molecular formula is C37H56N6O9. The number of hydrogen-bond donors (Lipinski definition) is 3. The number of amides is 4. The van der Waals surface area contributed by atoms with E-state index in [9.17, 15) is 24.0 Å². The summed E-state index contributed by atoms with van der Waals surface area (Å²) in [7, 11) is 1.29. The number of rotatable bonds is 20. The van der Waals surface area contributed by atoms with Crippen molar-refractivity contribution < 1.29 is 42.7 Å². The molecule has 0 saturated carbocycles. The number of aromatic nitrogens is 2. The number of nitrogens with zero attached hydrogens (tertiary/aromatic N) is 3. The van der Waals surface area contributed by atoms with Crippen LogP contribution >= 0.6 is 0 Å². The van der Waals surface area contributed by atoms with Crippen LogP contribution in [0.25, 0.3) is 0 Å². The molecule has 1 aliphatic rings. The minimum absolute atomic E-state index is 0.104. The third-order valence-corrected chi connectivity index (χ3v) is 8.25. The highest BCUT2D eigenvalue weighted by molar-refractivity contribution is 5.92. The topological polar surface area (TPSA) is 191 Å². The summed E-state index contributed by atoms with van der Waals surface area (Å²) in [5, 5.41) is 12.4. The first kappa shape index (κ1) is 41.7. The second kappa shape index (κ2) is 21.0. The van der Waals surface area contributed by atoms with E-state index < -0.39 is 29.7 Å². The van der Waals surface area contributed by atoms with E-state index in [2.05, 4.69) is 26.1 Å². The van der Waals surface area contributed by atoms with Crippen molar-refractivity contribution in [3.05, 3.63) is 41.5 Å². The third kappa shape index (κ3) is 14.5. The standard InChI is InChI=1S/C37H56N6O9/c1-25(2)22-27(40-36(48)51-37(3,4)5)34(46)43-21-15-17-28(43)33-41-30(42-52-33)23-39-31(44)19-11-9-7-8-10-14-20-38-32(45)24-50-29-18-13-12-16-26(29)35(47)49-6/h12-13,16,18,25,27-28H,7-11,14-15,17,19-24H2,1-6H3,(H,38,45)(H,39,44)(H,40,48)/t27-,28-/m1/s1. The zero-order valence-electron chi connectivity index (χ0n) is 31.5. The zero-order chi connectivity index (χ0) is 38.1. The number of nitrogens with one attached hydrogen (secondary N) is 3. The fourth-order valence-electron chi connectivity index (χ4n) is 5.78. The van der Waals surface area contributed by atoms with E-state index in [0.29, 0.717) is 49.8 Å². The van der Waals surface area contributed by atoms with Crippen molar-refractivity contribution >= 4 is 29.8 Å². The van der Waals surface area contributed by atoms with Gasteiger partial charge in [0, 0.05) is 19.5 Å². The van der Waals surface area contributed by atoms with E-state index >= 15 is 0 Å². The molecular weight excluding hydrogens is 672 g/mol. The van der Waals surface area contributed by atoms with Crippen molar-refractivity contribution in [3.63, 3.8) is 0 Å². The Labute approximate surface area is 306 Å². The lowest BCUT2D eigenvalue weighted by molar-refractivity contribution is -0.135. The molecule has 52 heavy (non-hydrogen) atoms. The summed E-state index contributed by atoms with van der Waals surface area (Å²) in [6.45, 7) is 10.2. The molecule has 0 bridgehead atoms. The fourth-order valence-corrected chi connectivity index (χ4v) is 5.78. The first-order chi connectivity index (χ1) is 24.8. The lowest BCUT2D eigenvalue weighted by Crippen LogP contribution is -2.50. The van der Waals surface area contributed by atoms with Gasteiger partial charge in [-0.1, -0.05) is 56.8 Å². The van der Waals surface area contributed by atoms with Gasteiger partial charge in [0.25, 0.3) is 5.91 Å². The van der Waals surface area contributed by atoms with Crippen molar-refractivity contribution in [1.29, 1.82) is 0 Å². The summed E-state index contributed by atoms with van der Waals surface area (Å²) < 4.78 is 21.1. The van der Waals surface area contributed by atoms with E-state index in [4.69, 9.17) is 18.7 Å². The SMILES string of the molecule is COC(=O)c1ccccc1OCC(=O)NCCCCCCCCC(=O)NCc1noc([C@H]2CCCN2C(=O)[C@@H](CC(C)C)NC(=O)OC(C)(C)C)n1. The molecule has 2 atom stereocenters. The van der Waals surface area contributed by atoms with Crippen LogP contribution in [0.4, 0.5) is 4.79 Å². The monoisotopic (exact) mass is 728 g/mol. The largest absolute Gasteiger partial charge is 0.483 e. The summed E-state index contributed by atoms with van der Waals surface area (Å²) in [4.78, 5) is 68.6. The first-order valence-electron chi connectivity index (χ1n) is 18.2. The Morgan fingerprint density at radius 2 is 1.69 bits per heavy atom. The molecule has 0 radical (unpaired) electrons. The highest BCUT2D eigenvalue weighted by atomic mass is 16.6. The van der Waals surface area contributed by atoms with Crippen LogP contribution in [0.15, 0.2) is 28.8 Å². The summed E-state index contributed by atoms with van der Waals surface area (Å²) in [5.41, 5.74) is -0.421. The Kier molecular flexibility index (Phi) is 16.8.